The van der Waals surface area contributed by atoms with Crippen LogP contribution in [0.3, 0.4) is 0 Å². The summed E-state index contributed by atoms with van der Waals surface area (Å²) in [5.74, 6) is -1.70. The first kappa shape index (κ1) is 17.2. The van der Waals surface area contributed by atoms with Crippen LogP contribution in [0, 0.1) is 0 Å². The van der Waals surface area contributed by atoms with Crippen LogP contribution in [0.25, 0.3) is 0 Å². The number of rotatable bonds is 9. The van der Waals surface area contributed by atoms with Crippen LogP contribution >= 0.6 is 0 Å². The van der Waals surface area contributed by atoms with Gasteiger partial charge in [-0.2, -0.15) is 0 Å². The fourth-order valence-corrected chi connectivity index (χ4v) is 2.40. The molecule has 1 aliphatic rings. The molecule has 1 aliphatic heterocycles. The molecule has 0 aromatic heterocycles. The number of carbonyl (C=O) groups excluding carboxylic acids is 1. The average Bonchev–Trinajstić information content (AvgIpc) is 2.65. The largest absolute Gasteiger partial charge is 0.427 e. The Bertz CT molecular complexity index is 337. The lowest BCUT2D eigenvalue weighted by atomic mass is 10.0. The van der Waals surface area contributed by atoms with E-state index in [0.717, 1.165) is 12.8 Å². The second-order valence-electron chi connectivity index (χ2n) is 5.58. The van der Waals surface area contributed by atoms with Crippen molar-refractivity contribution in [1.29, 1.82) is 0 Å². The number of methoxy groups -OCH3 is 1. The van der Waals surface area contributed by atoms with E-state index in [4.69, 9.17) is 9.47 Å². The van der Waals surface area contributed by atoms with E-state index < -0.39 is 17.9 Å². The highest BCUT2D eigenvalue weighted by atomic mass is 16.7. The van der Waals surface area contributed by atoms with Crippen LogP contribution in [0.15, 0.2) is 11.6 Å². The van der Waals surface area contributed by atoms with E-state index >= 15 is 0 Å². The van der Waals surface area contributed by atoms with Gasteiger partial charge in [-0.05, 0) is 12.8 Å². The first-order valence-corrected chi connectivity index (χ1v) is 7.71. The Morgan fingerprint density at radius 3 is 2.40 bits per heavy atom. The smallest absolute Gasteiger partial charge is 0.339 e. The Morgan fingerprint density at radius 1 is 1.25 bits per heavy atom. The molecule has 0 aromatic rings. The Labute approximate surface area is 122 Å². The first-order chi connectivity index (χ1) is 9.55. The van der Waals surface area contributed by atoms with E-state index in [1.54, 1.807) is 13.0 Å². The summed E-state index contributed by atoms with van der Waals surface area (Å²) < 4.78 is 10.1. The summed E-state index contributed by atoms with van der Waals surface area (Å²) >= 11 is 0. The number of aliphatic hydroxyl groups excluding tert-OH is 1. The second-order valence-corrected chi connectivity index (χ2v) is 5.58. The summed E-state index contributed by atoms with van der Waals surface area (Å²) in [7, 11) is 1.43. The lowest BCUT2D eigenvalue weighted by Gasteiger charge is -2.23. The molecule has 1 N–H and O–H groups in total. The lowest BCUT2D eigenvalue weighted by Crippen LogP contribution is -2.38. The van der Waals surface area contributed by atoms with Crippen LogP contribution in [0.5, 0.6) is 0 Å². The van der Waals surface area contributed by atoms with Crippen LogP contribution in [0.1, 0.15) is 65.2 Å². The topological polar surface area (TPSA) is 55.8 Å². The Balaban J connectivity index is 2.27. The van der Waals surface area contributed by atoms with Crippen LogP contribution in [0.2, 0.25) is 0 Å². The number of aliphatic hydroxyl groups is 1. The van der Waals surface area contributed by atoms with E-state index in [0.29, 0.717) is 5.57 Å². The highest BCUT2D eigenvalue weighted by Gasteiger charge is 2.48. The monoisotopic (exact) mass is 284 g/mol. The van der Waals surface area contributed by atoms with Crippen molar-refractivity contribution < 1.29 is 19.4 Å². The van der Waals surface area contributed by atoms with Crippen molar-refractivity contribution in [3.05, 3.63) is 11.6 Å². The van der Waals surface area contributed by atoms with Crippen molar-refractivity contribution in [2.45, 2.75) is 77.1 Å². The zero-order valence-corrected chi connectivity index (χ0v) is 13.0. The van der Waals surface area contributed by atoms with Gasteiger partial charge in [-0.3, -0.25) is 0 Å². The van der Waals surface area contributed by atoms with Gasteiger partial charge in [0, 0.05) is 14.0 Å². The van der Waals surface area contributed by atoms with Gasteiger partial charge in [0.05, 0.1) is 5.57 Å². The average molecular weight is 284 g/mol. The molecule has 0 unspecified atom stereocenters. The molecule has 0 bridgehead atoms. The molecule has 1 heterocycles. The molecule has 0 aromatic carbocycles. The maximum Gasteiger partial charge on any atom is 0.339 e. The fourth-order valence-electron chi connectivity index (χ4n) is 2.40. The molecule has 0 aliphatic carbocycles. The molecule has 0 spiro atoms. The predicted octanol–water partition coefficient (Wildman–Crippen LogP) is 3.33. The molecule has 0 saturated carbocycles. The standard InChI is InChI=1S/C16H28O4/c1-4-5-6-7-8-9-10-11-12-13-14(17)16(2,19-3)20-15(13)18/h12,14,17H,4-11H2,1-3H3/t14-,16-/m1/s1. The number of carbonyl (C=O) groups is 1. The van der Waals surface area contributed by atoms with Crippen molar-refractivity contribution in [2.24, 2.45) is 0 Å². The molecule has 1 fully saturated rings. The maximum atomic E-state index is 11.7. The molecular weight excluding hydrogens is 256 g/mol. The zero-order valence-electron chi connectivity index (χ0n) is 13.0. The minimum absolute atomic E-state index is 0.334. The summed E-state index contributed by atoms with van der Waals surface area (Å²) in [5, 5.41) is 10.0. The summed E-state index contributed by atoms with van der Waals surface area (Å²) in [6.45, 7) is 3.79. The van der Waals surface area contributed by atoms with Gasteiger partial charge in [-0.25, -0.2) is 4.79 Å². The molecule has 1 saturated heterocycles. The summed E-state index contributed by atoms with van der Waals surface area (Å²) in [4.78, 5) is 11.7. The first-order valence-electron chi connectivity index (χ1n) is 7.71. The van der Waals surface area contributed by atoms with Crippen LogP contribution in [-0.2, 0) is 14.3 Å². The molecule has 116 valence electrons. The molecule has 4 heteroatoms. The van der Waals surface area contributed by atoms with E-state index in [2.05, 4.69) is 6.92 Å². The fraction of sp³-hybridized carbons (Fsp3) is 0.812. The molecule has 0 amide bonds. The van der Waals surface area contributed by atoms with Gasteiger partial charge in [-0.1, -0.05) is 51.5 Å². The van der Waals surface area contributed by atoms with Crippen molar-refractivity contribution in [3.63, 3.8) is 0 Å². The second kappa shape index (κ2) is 8.42. The third-order valence-electron chi connectivity index (χ3n) is 3.90. The van der Waals surface area contributed by atoms with Crippen LogP contribution in [0.4, 0.5) is 0 Å². The third kappa shape index (κ3) is 4.60. The van der Waals surface area contributed by atoms with Crippen molar-refractivity contribution in [1.82, 2.24) is 0 Å². The zero-order chi connectivity index (χ0) is 15.0. The van der Waals surface area contributed by atoms with Crippen LogP contribution < -0.4 is 0 Å². The minimum atomic E-state index is -1.23. The summed E-state index contributed by atoms with van der Waals surface area (Å²) in [5.41, 5.74) is 0.334. The Hall–Kier alpha value is -0.870. The predicted molar refractivity (Wildman–Crippen MR) is 78.2 cm³/mol. The van der Waals surface area contributed by atoms with E-state index in [9.17, 15) is 9.90 Å². The van der Waals surface area contributed by atoms with E-state index in [1.807, 2.05) is 0 Å². The van der Waals surface area contributed by atoms with Gasteiger partial charge in [-0.15, -0.1) is 0 Å². The molecule has 20 heavy (non-hydrogen) atoms. The van der Waals surface area contributed by atoms with E-state index in [-0.39, 0.29) is 0 Å². The quantitative estimate of drug-likeness (QED) is 0.401. The highest BCUT2D eigenvalue weighted by molar-refractivity contribution is 5.92. The summed E-state index contributed by atoms with van der Waals surface area (Å²) in [6, 6.07) is 0. The lowest BCUT2D eigenvalue weighted by molar-refractivity contribution is -0.218. The summed E-state index contributed by atoms with van der Waals surface area (Å²) in [6.07, 6.45) is 10.2. The van der Waals surface area contributed by atoms with E-state index in [1.165, 1.54) is 45.6 Å². The SMILES string of the molecule is CCCCCCCCCC=C1C(=O)O[C@@](C)(OC)[C@@H]1O. The minimum Gasteiger partial charge on any atom is -0.427 e. The van der Waals surface area contributed by atoms with Crippen molar-refractivity contribution in [3.8, 4) is 0 Å². The molecule has 4 nitrogen and oxygen atoms in total. The Kier molecular flexibility index (Phi) is 7.24. The number of cyclic esters (lactones) is 1. The van der Waals surface area contributed by atoms with Crippen LogP contribution in [-0.4, -0.2) is 30.1 Å². The van der Waals surface area contributed by atoms with Gasteiger partial charge in [0.1, 0.15) is 0 Å². The van der Waals surface area contributed by atoms with Gasteiger partial charge in [0.2, 0.25) is 5.79 Å². The van der Waals surface area contributed by atoms with Gasteiger partial charge < -0.3 is 14.6 Å². The molecule has 2 atom stereocenters. The number of hydrogen-bond acceptors (Lipinski definition) is 4. The number of ether oxygens (including phenoxy) is 2. The molecule has 1 rings (SSSR count). The molecular formula is C16H28O4. The number of hydrogen-bond donors (Lipinski definition) is 1. The van der Waals surface area contributed by atoms with Crippen molar-refractivity contribution >= 4 is 5.97 Å². The normalized spacial score (nSPS) is 28.1. The number of allylic oxidation sites excluding steroid dienone is 1. The van der Waals surface area contributed by atoms with Gasteiger partial charge in [0.25, 0.3) is 0 Å². The third-order valence-corrected chi connectivity index (χ3v) is 3.90. The van der Waals surface area contributed by atoms with Crippen molar-refractivity contribution in [2.75, 3.05) is 7.11 Å². The van der Waals surface area contributed by atoms with Gasteiger partial charge >= 0.3 is 5.97 Å². The molecule has 0 radical (unpaired) electrons. The highest BCUT2D eigenvalue weighted by Crippen LogP contribution is 2.31. The van der Waals surface area contributed by atoms with Gasteiger partial charge in [0.15, 0.2) is 6.10 Å². The maximum absolute atomic E-state index is 11.7. The number of esters is 1. The number of unbranched alkanes of at least 4 members (excludes halogenated alkanes) is 7. The Morgan fingerprint density at radius 2 is 1.85 bits per heavy atom.